The average molecular weight is 342 g/mol. The zero-order valence-electron chi connectivity index (χ0n) is 12.7. The third-order valence-corrected chi connectivity index (χ3v) is 3.81. The van der Waals surface area contributed by atoms with Crippen LogP contribution in [0.1, 0.15) is 19.4 Å². The number of rotatable bonds is 6. The van der Waals surface area contributed by atoms with Gasteiger partial charge < -0.3 is 15.4 Å². The van der Waals surface area contributed by atoms with Gasteiger partial charge in [-0.1, -0.05) is 48.0 Å². The van der Waals surface area contributed by atoms with Gasteiger partial charge in [-0.25, -0.2) is 0 Å². The number of hydrogen-bond acceptors (Lipinski definition) is 2. The van der Waals surface area contributed by atoms with Crippen molar-refractivity contribution >= 4 is 21.9 Å². The number of methoxy groups -OCH3 is 1. The minimum absolute atomic E-state index is 0.00102. The summed E-state index contributed by atoms with van der Waals surface area (Å²) in [6.45, 7) is 6.62. The average Bonchev–Trinajstić information content (AvgIpc) is 2.43. The molecule has 0 fully saturated rings. The van der Waals surface area contributed by atoms with Crippen molar-refractivity contribution in [1.82, 2.24) is 10.6 Å². The molecule has 0 atom stereocenters. The van der Waals surface area contributed by atoms with Gasteiger partial charge in [0.05, 0.1) is 6.61 Å². The molecule has 1 rings (SSSR count). The molecule has 0 aromatic heterocycles. The van der Waals surface area contributed by atoms with Crippen LogP contribution in [0.4, 0.5) is 0 Å². The van der Waals surface area contributed by atoms with E-state index < -0.39 is 0 Å². The fourth-order valence-electron chi connectivity index (χ4n) is 1.90. The summed E-state index contributed by atoms with van der Waals surface area (Å²) in [5, 5.41) is 6.57. The lowest BCUT2D eigenvalue weighted by atomic mass is 9.84. The zero-order valence-corrected chi connectivity index (χ0v) is 14.3. The Hall–Kier alpha value is -1.07. The lowest BCUT2D eigenvalue weighted by Crippen LogP contribution is -2.44. The second-order valence-corrected chi connectivity index (χ2v) is 6.06. The van der Waals surface area contributed by atoms with Gasteiger partial charge in [-0.2, -0.15) is 0 Å². The Bertz CT molecular complexity index is 446. The van der Waals surface area contributed by atoms with Crippen LogP contribution < -0.4 is 10.6 Å². The van der Waals surface area contributed by atoms with E-state index in [4.69, 9.17) is 4.74 Å². The maximum Gasteiger partial charge on any atom is 0.191 e. The van der Waals surface area contributed by atoms with Crippen molar-refractivity contribution < 1.29 is 4.74 Å². The van der Waals surface area contributed by atoms with Crippen LogP contribution in [-0.2, 0) is 10.2 Å². The van der Waals surface area contributed by atoms with E-state index in [2.05, 4.69) is 63.6 Å². The zero-order chi connectivity index (χ0) is 15.0. The molecule has 0 amide bonds. The summed E-state index contributed by atoms with van der Waals surface area (Å²) in [4.78, 5) is 4.21. The summed E-state index contributed by atoms with van der Waals surface area (Å²) < 4.78 is 6.15. The molecular weight excluding hydrogens is 318 g/mol. The predicted molar refractivity (Wildman–Crippen MR) is 88.4 cm³/mol. The van der Waals surface area contributed by atoms with Crippen molar-refractivity contribution in [2.75, 3.05) is 33.9 Å². The standard InChI is InChI=1S/C15H24BrN3O/c1-15(2,12-7-5-6-8-13(12)16)11-19-14(17-3)18-9-10-20-4/h5-8H,9-11H2,1-4H3,(H2,17,18,19). The highest BCUT2D eigenvalue weighted by Crippen LogP contribution is 2.29. The molecule has 0 saturated heterocycles. The Morgan fingerprint density at radius 1 is 1.30 bits per heavy atom. The van der Waals surface area contributed by atoms with Gasteiger partial charge >= 0.3 is 0 Å². The molecular formula is C15H24BrN3O. The van der Waals surface area contributed by atoms with Crippen LogP contribution in [0.5, 0.6) is 0 Å². The van der Waals surface area contributed by atoms with E-state index in [1.165, 1.54) is 5.56 Å². The Balaban J connectivity index is 2.60. The third kappa shape index (κ3) is 5.13. The van der Waals surface area contributed by atoms with Gasteiger partial charge in [0.25, 0.3) is 0 Å². The number of hydrogen-bond donors (Lipinski definition) is 2. The number of nitrogens with one attached hydrogen (secondary N) is 2. The van der Waals surface area contributed by atoms with E-state index in [-0.39, 0.29) is 5.41 Å². The number of guanidine groups is 1. The van der Waals surface area contributed by atoms with Crippen LogP contribution >= 0.6 is 15.9 Å². The summed E-state index contributed by atoms with van der Waals surface area (Å²) in [5.41, 5.74) is 1.28. The van der Waals surface area contributed by atoms with Gasteiger partial charge in [0.2, 0.25) is 0 Å². The molecule has 0 unspecified atom stereocenters. The van der Waals surface area contributed by atoms with Gasteiger partial charge in [0, 0.05) is 37.1 Å². The molecule has 4 nitrogen and oxygen atoms in total. The SMILES string of the molecule is CN=C(NCCOC)NCC(C)(C)c1ccccc1Br. The monoisotopic (exact) mass is 341 g/mol. The first-order valence-electron chi connectivity index (χ1n) is 6.69. The number of nitrogens with zero attached hydrogens (tertiary/aromatic N) is 1. The van der Waals surface area contributed by atoms with Crippen molar-refractivity contribution in [3.8, 4) is 0 Å². The molecule has 1 aromatic rings. The summed E-state index contributed by atoms with van der Waals surface area (Å²) in [5.74, 6) is 0.794. The van der Waals surface area contributed by atoms with Crippen molar-refractivity contribution in [3.05, 3.63) is 34.3 Å². The second-order valence-electron chi connectivity index (χ2n) is 5.21. The van der Waals surface area contributed by atoms with E-state index in [0.717, 1.165) is 23.5 Å². The summed E-state index contributed by atoms with van der Waals surface area (Å²) in [7, 11) is 3.46. The summed E-state index contributed by atoms with van der Waals surface area (Å²) in [6.07, 6.45) is 0. The van der Waals surface area contributed by atoms with E-state index in [1.807, 2.05) is 6.07 Å². The first kappa shape index (κ1) is 17.0. The van der Waals surface area contributed by atoms with Crippen LogP contribution in [0.25, 0.3) is 0 Å². The maximum atomic E-state index is 5.02. The molecule has 0 saturated carbocycles. The molecule has 0 aliphatic rings. The maximum absolute atomic E-state index is 5.02. The lowest BCUT2D eigenvalue weighted by Gasteiger charge is -2.27. The molecule has 0 bridgehead atoms. The molecule has 0 aliphatic carbocycles. The number of benzene rings is 1. The molecule has 0 heterocycles. The fourth-order valence-corrected chi connectivity index (χ4v) is 2.72. The molecule has 0 spiro atoms. The summed E-state index contributed by atoms with van der Waals surface area (Å²) >= 11 is 3.62. The van der Waals surface area contributed by atoms with Gasteiger partial charge in [-0.3, -0.25) is 4.99 Å². The van der Waals surface area contributed by atoms with Crippen LogP contribution in [0.15, 0.2) is 33.7 Å². The Kier molecular flexibility index (Phi) is 7.02. The van der Waals surface area contributed by atoms with Crippen molar-refractivity contribution in [2.24, 2.45) is 4.99 Å². The van der Waals surface area contributed by atoms with Gasteiger partial charge in [-0.15, -0.1) is 0 Å². The first-order chi connectivity index (χ1) is 9.51. The van der Waals surface area contributed by atoms with Crippen molar-refractivity contribution in [2.45, 2.75) is 19.3 Å². The largest absolute Gasteiger partial charge is 0.383 e. The van der Waals surface area contributed by atoms with E-state index >= 15 is 0 Å². The molecule has 1 aromatic carbocycles. The highest BCUT2D eigenvalue weighted by molar-refractivity contribution is 9.10. The molecule has 112 valence electrons. The molecule has 5 heteroatoms. The van der Waals surface area contributed by atoms with Crippen LogP contribution in [-0.4, -0.2) is 39.8 Å². The lowest BCUT2D eigenvalue weighted by molar-refractivity contribution is 0.203. The normalized spacial score (nSPS) is 12.3. The van der Waals surface area contributed by atoms with Crippen molar-refractivity contribution in [1.29, 1.82) is 0 Å². The first-order valence-corrected chi connectivity index (χ1v) is 7.49. The van der Waals surface area contributed by atoms with Crippen LogP contribution in [0.3, 0.4) is 0 Å². The van der Waals surface area contributed by atoms with E-state index in [1.54, 1.807) is 14.2 Å². The Labute approximate surface area is 130 Å². The minimum atomic E-state index is -0.00102. The van der Waals surface area contributed by atoms with Crippen molar-refractivity contribution in [3.63, 3.8) is 0 Å². The number of ether oxygens (including phenoxy) is 1. The van der Waals surface area contributed by atoms with E-state index in [9.17, 15) is 0 Å². The summed E-state index contributed by atoms with van der Waals surface area (Å²) in [6, 6.07) is 8.31. The highest BCUT2D eigenvalue weighted by atomic mass is 79.9. The van der Waals surface area contributed by atoms with E-state index in [0.29, 0.717) is 6.61 Å². The molecule has 0 aliphatic heterocycles. The predicted octanol–water partition coefficient (Wildman–Crippen LogP) is 2.54. The van der Waals surface area contributed by atoms with Crippen LogP contribution in [0, 0.1) is 0 Å². The second kappa shape index (κ2) is 8.27. The topological polar surface area (TPSA) is 45.7 Å². The van der Waals surface area contributed by atoms with Gasteiger partial charge in [0.15, 0.2) is 5.96 Å². The van der Waals surface area contributed by atoms with Gasteiger partial charge in [-0.05, 0) is 11.6 Å². The molecule has 2 N–H and O–H groups in total. The van der Waals surface area contributed by atoms with Gasteiger partial charge in [0.1, 0.15) is 0 Å². The Morgan fingerprint density at radius 2 is 2.00 bits per heavy atom. The van der Waals surface area contributed by atoms with Crippen LogP contribution in [0.2, 0.25) is 0 Å². The Morgan fingerprint density at radius 3 is 2.60 bits per heavy atom. The number of halogens is 1. The molecule has 20 heavy (non-hydrogen) atoms. The molecule has 0 radical (unpaired) electrons. The smallest absolute Gasteiger partial charge is 0.191 e. The fraction of sp³-hybridized carbons (Fsp3) is 0.533. The third-order valence-electron chi connectivity index (χ3n) is 3.12. The number of aliphatic imine (C=N–C) groups is 1. The quantitative estimate of drug-likeness (QED) is 0.474. The minimum Gasteiger partial charge on any atom is -0.383 e. The highest BCUT2D eigenvalue weighted by Gasteiger charge is 2.23.